The van der Waals surface area contributed by atoms with Crippen molar-refractivity contribution in [3.63, 3.8) is 0 Å². The van der Waals surface area contributed by atoms with Gasteiger partial charge in [-0.25, -0.2) is 0 Å². The molecule has 4 nitrogen and oxygen atoms in total. The lowest BCUT2D eigenvalue weighted by Gasteiger charge is -2.21. The van der Waals surface area contributed by atoms with Crippen LogP contribution in [0.25, 0.3) is 0 Å². The number of nitrogens with one attached hydrogen (secondary N) is 1. The van der Waals surface area contributed by atoms with Crippen molar-refractivity contribution in [3.8, 4) is 0 Å². The van der Waals surface area contributed by atoms with E-state index in [1.54, 1.807) is 21.3 Å². The lowest BCUT2D eigenvalue weighted by Crippen LogP contribution is -2.41. The number of ether oxygens (including phenoxy) is 3. The highest BCUT2D eigenvalue weighted by atomic mass is 16.7. The topological polar surface area (TPSA) is 39.7 Å². The van der Waals surface area contributed by atoms with E-state index in [1.807, 2.05) is 6.92 Å². The fourth-order valence-electron chi connectivity index (χ4n) is 0.989. The Morgan fingerprint density at radius 2 is 1.75 bits per heavy atom. The normalized spacial score (nSPS) is 13.8. The summed E-state index contributed by atoms with van der Waals surface area (Å²) < 4.78 is 15.0. The molecular weight excluding hydrogens is 158 g/mol. The molecule has 74 valence electrons. The minimum Gasteiger partial charge on any atom is -0.383 e. The largest absolute Gasteiger partial charge is 0.383 e. The van der Waals surface area contributed by atoms with Gasteiger partial charge in [0.05, 0.1) is 12.6 Å². The number of hydrogen-bond donors (Lipinski definition) is 1. The summed E-state index contributed by atoms with van der Waals surface area (Å²) in [5.74, 6) is 0. The van der Waals surface area contributed by atoms with Gasteiger partial charge in [-0.2, -0.15) is 0 Å². The molecule has 12 heavy (non-hydrogen) atoms. The fourth-order valence-corrected chi connectivity index (χ4v) is 0.989. The Labute approximate surface area is 74.2 Å². The first-order valence-corrected chi connectivity index (χ1v) is 4.04. The van der Waals surface area contributed by atoms with E-state index < -0.39 is 0 Å². The van der Waals surface area contributed by atoms with Crippen molar-refractivity contribution in [1.29, 1.82) is 0 Å². The molecular formula is C8H19NO3. The van der Waals surface area contributed by atoms with Crippen molar-refractivity contribution in [2.45, 2.75) is 19.3 Å². The van der Waals surface area contributed by atoms with Gasteiger partial charge in [-0.1, -0.05) is 0 Å². The Bertz CT molecular complexity index is 96.3. The molecule has 0 aromatic heterocycles. The molecule has 0 bridgehead atoms. The molecule has 0 heterocycles. The smallest absolute Gasteiger partial charge is 0.171 e. The van der Waals surface area contributed by atoms with Gasteiger partial charge in [-0.3, -0.25) is 0 Å². The maximum Gasteiger partial charge on any atom is 0.171 e. The molecule has 0 radical (unpaired) electrons. The Morgan fingerprint density at radius 1 is 1.17 bits per heavy atom. The average Bonchev–Trinajstić information content (AvgIpc) is 2.07. The van der Waals surface area contributed by atoms with Crippen molar-refractivity contribution >= 4 is 0 Å². The van der Waals surface area contributed by atoms with Gasteiger partial charge in [0, 0.05) is 27.9 Å². The van der Waals surface area contributed by atoms with Crippen LogP contribution in [0.4, 0.5) is 0 Å². The standard InChI is InChI=1S/C8H19NO3/c1-7(8(11-3)12-4)9-5-6-10-2/h7-9H,5-6H2,1-4H3. The predicted molar refractivity (Wildman–Crippen MR) is 47.1 cm³/mol. The SMILES string of the molecule is COCCNC(C)C(OC)OC. The maximum absolute atomic E-state index is 5.07. The first kappa shape index (κ1) is 11.8. The zero-order valence-electron chi connectivity index (χ0n) is 8.29. The highest BCUT2D eigenvalue weighted by molar-refractivity contribution is 4.63. The van der Waals surface area contributed by atoms with Gasteiger partial charge in [0.15, 0.2) is 6.29 Å². The Balaban J connectivity index is 3.47. The first-order valence-electron chi connectivity index (χ1n) is 4.04. The summed E-state index contributed by atoms with van der Waals surface area (Å²) >= 11 is 0. The van der Waals surface area contributed by atoms with Crippen molar-refractivity contribution in [2.24, 2.45) is 0 Å². The summed E-state index contributed by atoms with van der Waals surface area (Å²) in [5, 5.41) is 3.21. The summed E-state index contributed by atoms with van der Waals surface area (Å²) in [6.45, 7) is 3.51. The molecule has 1 atom stereocenters. The molecule has 0 aromatic rings. The second kappa shape index (κ2) is 7.49. The number of rotatable bonds is 7. The van der Waals surface area contributed by atoms with E-state index in [9.17, 15) is 0 Å². The van der Waals surface area contributed by atoms with Crippen LogP contribution < -0.4 is 5.32 Å². The molecule has 1 N–H and O–H groups in total. The third-order valence-corrected chi connectivity index (χ3v) is 1.65. The second-order valence-electron chi connectivity index (χ2n) is 2.58. The minimum atomic E-state index is -0.193. The molecule has 0 spiro atoms. The lowest BCUT2D eigenvalue weighted by molar-refractivity contribution is -0.119. The van der Waals surface area contributed by atoms with Crippen molar-refractivity contribution in [3.05, 3.63) is 0 Å². The van der Waals surface area contributed by atoms with E-state index in [0.717, 1.165) is 6.54 Å². The zero-order valence-corrected chi connectivity index (χ0v) is 8.29. The summed E-state index contributed by atoms with van der Waals surface area (Å²) in [7, 11) is 4.93. The molecule has 0 fully saturated rings. The highest BCUT2D eigenvalue weighted by Crippen LogP contribution is 1.97. The van der Waals surface area contributed by atoms with Crippen molar-refractivity contribution in [2.75, 3.05) is 34.5 Å². The fraction of sp³-hybridized carbons (Fsp3) is 1.00. The van der Waals surface area contributed by atoms with E-state index >= 15 is 0 Å². The first-order chi connectivity index (χ1) is 5.76. The maximum atomic E-state index is 5.07. The second-order valence-corrected chi connectivity index (χ2v) is 2.58. The summed E-state index contributed by atoms with van der Waals surface area (Å²) in [5.41, 5.74) is 0. The zero-order chi connectivity index (χ0) is 9.40. The lowest BCUT2D eigenvalue weighted by atomic mass is 10.3. The van der Waals surface area contributed by atoms with Crippen LogP contribution in [0.15, 0.2) is 0 Å². The van der Waals surface area contributed by atoms with E-state index in [-0.39, 0.29) is 12.3 Å². The molecule has 0 amide bonds. The van der Waals surface area contributed by atoms with Crippen LogP contribution in [0.5, 0.6) is 0 Å². The number of methoxy groups -OCH3 is 3. The number of hydrogen-bond acceptors (Lipinski definition) is 4. The van der Waals surface area contributed by atoms with Gasteiger partial charge in [-0.05, 0) is 6.92 Å². The molecule has 1 unspecified atom stereocenters. The van der Waals surface area contributed by atoms with E-state index in [0.29, 0.717) is 6.61 Å². The van der Waals surface area contributed by atoms with Gasteiger partial charge in [0.25, 0.3) is 0 Å². The average molecular weight is 177 g/mol. The molecule has 0 aliphatic carbocycles. The van der Waals surface area contributed by atoms with E-state index in [4.69, 9.17) is 14.2 Å². The molecule has 0 aromatic carbocycles. The molecule has 0 saturated carbocycles. The van der Waals surface area contributed by atoms with Crippen LogP contribution in [0.2, 0.25) is 0 Å². The van der Waals surface area contributed by atoms with E-state index in [2.05, 4.69) is 5.32 Å². The Kier molecular flexibility index (Phi) is 7.39. The van der Waals surface area contributed by atoms with Crippen LogP contribution in [0.3, 0.4) is 0 Å². The monoisotopic (exact) mass is 177 g/mol. The summed E-state index contributed by atoms with van der Waals surface area (Å²) in [6, 6.07) is 0.176. The summed E-state index contributed by atoms with van der Waals surface area (Å²) in [6.07, 6.45) is -0.193. The third kappa shape index (κ3) is 4.66. The summed E-state index contributed by atoms with van der Waals surface area (Å²) in [4.78, 5) is 0. The van der Waals surface area contributed by atoms with Crippen LogP contribution in [0.1, 0.15) is 6.92 Å². The van der Waals surface area contributed by atoms with Crippen molar-refractivity contribution in [1.82, 2.24) is 5.32 Å². The van der Waals surface area contributed by atoms with E-state index in [1.165, 1.54) is 0 Å². The van der Waals surface area contributed by atoms with Gasteiger partial charge in [0.1, 0.15) is 0 Å². The van der Waals surface area contributed by atoms with Crippen LogP contribution >= 0.6 is 0 Å². The quantitative estimate of drug-likeness (QED) is 0.446. The van der Waals surface area contributed by atoms with Gasteiger partial charge >= 0.3 is 0 Å². The van der Waals surface area contributed by atoms with Crippen molar-refractivity contribution < 1.29 is 14.2 Å². The predicted octanol–water partition coefficient (Wildman–Crippen LogP) is 0.230. The van der Waals surface area contributed by atoms with Crippen LogP contribution in [-0.4, -0.2) is 46.8 Å². The third-order valence-electron chi connectivity index (χ3n) is 1.65. The minimum absolute atomic E-state index is 0.176. The molecule has 0 rings (SSSR count). The van der Waals surface area contributed by atoms with Gasteiger partial charge in [0.2, 0.25) is 0 Å². The van der Waals surface area contributed by atoms with Crippen LogP contribution in [0, 0.1) is 0 Å². The van der Waals surface area contributed by atoms with Crippen LogP contribution in [-0.2, 0) is 14.2 Å². The Morgan fingerprint density at radius 3 is 2.17 bits per heavy atom. The highest BCUT2D eigenvalue weighted by Gasteiger charge is 2.13. The molecule has 4 heteroatoms. The van der Waals surface area contributed by atoms with Gasteiger partial charge in [-0.15, -0.1) is 0 Å². The molecule has 0 aliphatic rings. The van der Waals surface area contributed by atoms with Gasteiger partial charge < -0.3 is 19.5 Å². The molecule has 0 aliphatic heterocycles. The Hall–Kier alpha value is -0.160. The molecule has 0 saturated heterocycles.